The third kappa shape index (κ3) is 3.92. The van der Waals surface area contributed by atoms with E-state index in [-0.39, 0.29) is 5.92 Å². The Morgan fingerprint density at radius 3 is 2.32 bits per heavy atom. The molecule has 0 saturated carbocycles. The van der Waals surface area contributed by atoms with Crippen LogP contribution in [-0.2, 0) is 4.79 Å². The summed E-state index contributed by atoms with van der Waals surface area (Å²) >= 11 is 0. The van der Waals surface area contributed by atoms with E-state index in [1.54, 1.807) is 0 Å². The highest BCUT2D eigenvalue weighted by Crippen LogP contribution is 2.26. The fraction of sp³-hybridized carbons (Fsp3) is 0.545. The van der Waals surface area contributed by atoms with E-state index in [4.69, 9.17) is 0 Å². The second-order valence-electron chi connectivity index (χ2n) is 8.33. The number of carbonyl (C=O) groups excluding carboxylic acids is 1. The molecule has 2 aliphatic rings. The summed E-state index contributed by atoms with van der Waals surface area (Å²) in [5, 5.41) is 0. The second kappa shape index (κ2) is 7.95. The van der Waals surface area contributed by atoms with Crippen LogP contribution in [0.25, 0.3) is 5.69 Å². The number of piperazine rings is 1. The lowest BCUT2D eigenvalue weighted by Crippen LogP contribution is -2.52. The van der Waals surface area contributed by atoms with Crippen molar-refractivity contribution in [3.8, 4) is 5.69 Å². The molecule has 2 aromatic rings. The summed E-state index contributed by atoms with van der Waals surface area (Å²) in [7, 11) is 0. The van der Waals surface area contributed by atoms with Crippen LogP contribution in [0.15, 0.2) is 36.8 Å². The fourth-order valence-corrected chi connectivity index (χ4v) is 4.31. The first-order valence-corrected chi connectivity index (χ1v) is 10.4. The number of amides is 1. The van der Waals surface area contributed by atoms with Gasteiger partial charge in [0.1, 0.15) is 0 Å². The zero-order valence-electron chi connectivity index (χ0n) is 17.2. The Morgan fingerprint density at radius 1 is 1.04 bits per heavy atom. The lowest BCUT2D eigenvalue weighted by molar-refractivity contribution is -0.136. The molecule has 3 heterocycles. The Kier molecular flexibility index (Phi) is 5.40. The van der Waals surface area contributed by atoms with Gasteiger partial charge in [-0.15, -0.1) is 0 Å². The number of aromatic nitrogens is 2. The number of hydrogen-bond acceptors (Lipinski definition) is 4. The van der Waals surface area contributed by atoms with Crippen LogP contribution in [-0.4, -0.2) is 70.6 Å². The minimum absolute atomic E-state index is 0.126. The van der Waals surface area contributed by atoms with Crippen LogP contribution in [0.1, 0.15) is 26.0 Å². The zero-order chi connectivity index (χ0) is 19.7. The Morgan fingerprint density at radius 2 is 1.71 bits per heavy atom. The first-order valence-electron chi connectivity index (χ1n) is 10.4. The number of nitrogens with zero attached hydrogens (tertiary/aromatic N) is 5. The molecule has 0 aliphatic carbocycles. The summed E-state index contributed by atoms with van der Waals surface area (Å²) in [5.41, 5.74) is 3.32. The first-order chi connectivity index (χ1) is 13.5. The van der Waals surface area contributed by atoms with E-state index in [9.17, 15) is 4.79 Å². The van der Waals surface area contributed by atoms with Crippen LogP contribution in [0.5, 0.6) is 0 Å². The standard InChI is InChI=1S/C22H31N5O/c1-17(2)24-10-12-25(13-11-24)22(28)19-8-9-26(15-19)20-4-6-21(7-5-20)27-14-18(3)23-16-27/h4-7,14,16-17,19H,8-13,15H2,1-3H3/t19-/m0/s1. The molecule has 0 spiro atoms. The zero-order valence-corrected chi connectivity index (χ0v) is 17.2. The van der Waals surface area contributed by atoms with Gasteiger partial charge >= 0.3 is 0 Å². The predicted molar refractivity (Wildman–Crippen MR) is 112 cm³/mol. The van der Waals surface area contributed by atoms with Crippen LogP contribution in [0.2, 0.25) is 0 Å². The van der Waals surface area contributed by atoms with Gasteiger partial charge in [-0.25, -0.2) is 4.98 Å². The van der Waals surface area contributed by atoms with Crippen molar-refractivity contribution in [1.29, 1.82) is 0 Å². The molecule has 0 N–H and O–H groups in total. The lowest BCUT2D eigenvalue weighted by Gasteiger charge is -2.37. The van der Waals surface area contributed by atoms with Crippen molar-refractivity contribution < 1.29 is 4.79 Å². The summed E-state index contributed by atoms with van der Waals surface area (Å²) in [5.74, 6) is 0.470. The summed E-state index contributed by atoms with van der Waals surface area (Å²) < 4.78 is 2.03. The van der Waals surface area contributed by atoms with E-state index in [0.29, 0.717) is 11.9 Å². The molecule has 1 aromatic heterocycles. The maximum Gasteiger partial charge on any atom is 0.227 e. The van der Waals surface area contributed by atoms with Crippen LogP contribution in [0.3, 0.4) is 0 Å². The fourth-order valence-electron chi connectivity index (χ4n) is 4.31. The van der Waals surface area contributed by atoms with Crippen molar-refractivity contribution in [2.45, 2.75) is 33.2 Å². The Balaban J connectivity index is 1.34. The van der Waals surface area contributed by atoms with Crippen LogP contribution >= 0.6 is 0 Å². The van der Waals surface area contributed by atoms with Gasteiger partial charge in [0.2, 0.25) is 5.91 Å². The Labute approximate surface area is 167 Å². The monoisotopic (exact) mass is 381 g/mol. The largest absolute Gasteiger partial charge is 0.371 e. The molecule has 1 atom stereocenters. The van der Waals surface area contributed by atoms with E-state index in [1.165, 1.54) is 5.69 Å². The minimum Gasteiger partial charge on any atom is -0.371 e. The minimum atomic E-state index is 0.126. The second-order valence-corrected chi connectivity index (χ2v) is 8.33. The third-order valence-electron chi connectivity index (χ3n) is 6.12. The van der Waals surface area contributed by atoms with Gasteiger partial charge in [0.05, 0.1) is 17.9 Å². The first kappa shape index (κ1) is 19.0. The van der Waals surface area contributed by atoms with Gasteiger partial charge in [-0.3, -0.25) is 9.69 Å². The average molecular weight is 382 g/mol. The molecule has 2 saturated heterocycles. The van der Waals surface area contributed by atoms with Crippen molar-refractivity contribution in [1.82, 2.24) is 19.4 Å². The predicted octanol–water partition coefficient (Wildman–Crippen LogP) is 2.56. The Bertz CT molecular complexity index is 805. The molecule has 2 aliphatic heterocycles. The molecule has 2 fully saturated rings. The molecule has 150 valence electrons. The van der Waals surface area contributed by atoms with Crippen molar-refractivity contribution in [3.63, 3.8) is 0 Å². The van der Waals surface area contributed by atoms with Crippen molar-refractivity contribution in [3.05, 3.63) is 42.5 Å². The van der Waals surface area contributed by atoms with Gasteiger partial charge in [-0.2, -0.15) is 0 Å². The topological polar surface area (TPSA) is 44.6 Å². The van der Waals surface area contributed by atoms with Crippen molar-refractivity contribution in [2.24, 2.45) is 5.92 Å². The van der Waals surface area contributed by atoms with Gasteiger partial charge in [-0.1, -0.05) is 0 Å². The van der Waals surface area contributed by atoms with Gasteiger partial charge in [0.15, 0.2) is 0 Å². The van der Waals surface area contributed by atoms with Gasteiger partial charge in [0.25, 0.3) is 0 Å². The molecule has 1 amide bonds. The van der Waals surface area contributed by atoms with E-state index in [0.717, 1.165) is 57.1 Å². The molecule has 0 radical (unpaired) electrons. The van der Waals surface area contributed by atoms with E-state index in [1.807, 2.05) is 24.0 Å². The summed E-state index contributed by atoms with van der Waals surface area (Å²) in [6.45, 7) is 12.0. The summed E-state index contributed by atoms with van der Waals surface area (Å²) in [6, 6.07) is 9.11. The third-order valence-corrected chi connectivity index (χ3v) is 6.12. The maximum absolute atomic E-state index is 13.0. The van der Waals surface area contributed by atoms with Crippen LogP contribution in [0, 0.1) is 12.8 Å². The highest BCUT2D eigenvalue weighted by molar-refractivity contribution is 5.80. The highest BCUT2D eigenvalue weighted by Gasteiger charge is 2.33. The van der Waals surface area contributed by atoms with Crippen LogP contribution in [0.4, 0.5) is 5.69 Å². The number of hydrogen-bond donors (Lipinski definition) is 0. The number of benzene rings is 1. The molecule has 6 nitrogen and oxygen atoms in total. The quantitative estimate of drug-likeness (QED) is 0.817. The molecule has 1 aromatic carbocycles. The SMILES string of the molecule is Cc1cn(-c2ccc(N3CC[C@H](C(=O)N4CCN(C(C)C)CC4)C3)cc2)cn1. The van der Waals surface area contributed by atoms with Crippen molar-refractivity contribution >= 4 is 11.6 Å². The lowest BCUT2D eigenvalue weighted by atomic mass is 10.1. The molecule has 0 bridgehead atoms. The smallest absolute Gasteiger partial charge is 0.227 e. The molecular formula is C22H31N5O. The molecule has 4 rings (SSSR count). The molecule has 6 heteroatoms. The maximum atomic E-state index is 13.0. The molecule has 0 unspecified atom stereocenters. The average Bonchev–Trinajstić information content (AvgIpc) is 3.37. The van der Waals surface area contributed by atoms with E-state index in [2.05, 4.69) is 57.8 Å². The van der Waals surface area contributed by atoms with Gasteiger partial charge in [-0.05, 0) is 51.5 Å². The normalized spacial score (nSPS) is 20.9. The summed E-state index contributed by atoms with van der Waals surface area (Å²) in [6.07, 6.45) is 4.82. The van der Waals surface area contributed by atoms with Gasteiger partial charge < -0.3 is 14.4 Å². The van der Waals surface area contributed by atoms with Gasteiger partial charge in [0, 0.05) is 62.9 Å². The Hall–Kier alpha value is -2.34. The summed E-state index contributed by atoms with van der Waals surface area (Å²) in [4.78, 5) is 24.1. The number of imidazole rings is 1. The number of aryl methyl sites for hydroxylation is 1. The molecular weight excluding hydrogens is 350 g/mol. The van der Waals surface area contributed by atoms with E-state index >= 15 is 0 Å². The number of carbonyl (C=O) groups is 1. The highest BCUT2D eigenvalue weighted by atomic mass is 16.2. The number of rotatable bonds is 4. The van der Waals surface area contributed by atoms with E-state index < -0.39 is 0 Å². The number of anilines is 1. The van der Waals surface area contributed by atoms with Crippen LogP contribution < -0.4 is 4.90 Å². The molecule has 28 heavy (non-hydrogen) atoms. The van der Waals surface area contributed by atoms with Crippen molar-refractivity contribution in [2.75, 3.05) is 44.2 Å².